The summed E-state index contributed by atoms with van der Waals surface area (Å²) >= 11 is 1.68. The molecule has 1 amide bonds. The van der Waals surface area contributed by atoms with Crippen molar-refractivity contribution >= 4 is 42.1 Å². The molecule has 2 aromatic rings. The van der Waals surface area contributed by atoms with Crippen LogP contribution in [0.2, 0.25) is 0 Å². The lowest BCUT2D eigenvalue weighted by Gasteiger charge is -2.11. The minimum Gasteiger partial charge on any atom is -0.354 e. The number of carbonyl (C=O) groups excluding carboxylic acids is 1. The van der Waals surface area contributed by atoms with Gasteiger partial charge in [-0.2, -0.15) is 0 Å². The highest BCUT2D eigenvalue weighted by atomic mass is 35.5. The molecule has 0 aliphatic rings. The highest BCUT2D eigenvalue weighted by molar-refractivity contribution is 7.11. The number of hydrogen-bond acceptors (Lipinski definition) is 4. The monoisotopic (exact) mass is 361 g/mol. The molecular formula is C15H21Cl2N3OS. The predicted octanol–water partition coefficient (Wildman–Crippen LogP) is 2.96. The third-order valence-electron chi connectivity index (χ3n) is 3.15. The molecule has 0 aliphatic heterocycles. The topological polar surface area (TPSA) is 68.0 Å². The van der Waals surface area contributed by atoms with E-state index < -0.39 is 6.04 Å². The zero-order valence-corrected chi connectivity index (χ0v) is 15.0. The van der Waals surface area contributed by atoms with Crippen molar-refractivity contribution in [2.75, 3.05) is 6.54 Å². The third kappa shape index (κ3) is 5.57. The summed E-state index contributed by atoms with van der Waals surface area (Å²) < 4.78 is 0. The molecule has 0 saturated heterocycles. The zero-order valence-electron chi connectivity index (χ0n) is 12.5. The number of thiazole rings is 1. The van der Waals surface area contributed by atoms with E-state index in [9.17, 15) is 4.79 Å². The van der Waals surface area contributed by atoms with Crippen LogP contribution in [0.25, 0.3) is 0 Å². The fraction of sp³-hybridized carbons (Fsp3) is 0.333. The van der Waals surface area contributed by atoms with Gasteiger partial charge < -0.3 is 11.1 Å². The highest BCUT2D eigenvalue weighted by Gasteiger charge is 2.14. The number of halogens is 2. The van der Waals surface area contributed by atoms with Crippen LogP contribution in [-0.2, 0) is 11.2 Å². The number of aryl methyl sites for hydroxylation is 2. The maximum absolute atomic E-state index is 12.0. The Morgan fingerprint density at radius 1 is 1.27 bits per heavy atom. The summed E-state index contributed by atoms with van der Waals surface area (Å²) in [6, 6.07) is 8.76. The summed E-state index contributed by atoms with van der Waals surface area (Å²) in [5.74, 6) is -0.152. The Hall–Kier alpha value is -1.14. The smallest absolute Gasteiger partial charge is 0.241 e. The van der Waals surface area contributed by atoms with E-state index in [0.717, 1.165) is 22.7 Å². The molecule has 7 heteroatoms. The molecule has 0 aliphatic carbocycles. The normalized spacial score (nSPS) is 11.0. The average molecular weight is 362 g/mol. The van der Waals surface area contributed by atoms with Crippen molar-refractivity contribution < 1.29 is 4.79 Å². The second kappa shape index (κ2) is 9.79. The lowest BCUT2D eigenvalue weighted by molar-refractivity contribution is -0.122. The van der Waals surface area contributed by atoms with Gasteiger partial charge in [0.1, 0.15) is 6.04 Å². The Morgan fingerprint density at radius 3 is 2.45 bits per heavy atom. The van der Waals surface area contributed by atoms with Gasteiger partial charge in [0.15, 0.2) is 0 Å². The highest BCUT2D eigenvalue weighted by Crippen LogP contribution is 2.16. The molecule has 0 spiro atoms. The molecule has 1 aromatic heterocycles. The van der Waals surface area contributed by atoms with Crippen molar-refractivity contribution in [1.29, 1.82) is 0 Å². The van der Waals surface area contributed by atoms with Crippen molar-refractivity contribution in [3.05, 3.63) is 51.5 Å². The first-order chi connectivity index (χ1) is 9.58. The largest absolute Gasteiger partial charge is 0.354 e. The second-order valence-corrected chi connectivity index (χ2v) is 5.97. The minimum atomic E-state index is -0.615. The molecule has 3 N–H and O–H groups in total. The van der Waals surface area contributed by atoms with Crippen LogP contribution in [0.4, 0.5) is 0 Å². The third-order valence-corrected chi connectivity index (χ3v) is 4.28. The van der Waals surface area contributed by atoms with E-state index in [2.05, 4.69) is 17.2 Å². The molecule has 0 fully saturated rings. The molecule has 1 aromatic carbocycles. The Morgan fingerprint density at radius 2 is 1.91 bits per heavy atom. The summed E-state index contributed by atoms with van der Waals surface area (Å²) in [6.07, 6.45) is 0.743. The molecule has 2 rings (SSSR count). The van der Waals surface area contributed by atoms with Crippen molar-refractivity contribution in [3.8, 4) is 0 Å². The molecule has 0 radical (unpaired) electrons. The van der Waals surface area contributed by atoms with Gasteiger partial charge in [-0.15, -0.1) is 36.2 Å². The van der Waals surface area contributed by atoms with Gasteiger partial charge in [-0.1, -0.05) is 30.3 Å². The molecule has 1 unspecified atom stereocenters. The van der Waals surface area contributed by atoms with Gasteiger partial charge in [0.05, 0.1) is 10.7 Å². The number of carbonyl (C=O) groups is 1. The lowest BCUT2D eigenvalue weighted by Crippen LogP contribution is -2.35. The fourth-order valence-electron chi connectivity index (χ4n) is 1.86. The number of benzene rings is 1. The van der Waals surface area contributed by atoms with Crippen molar-refractivity contribution in [3.63, 3.8) is 0 Å². The second-order valence-electron chi connectivity index (χ2n) is 4.68. The fourth-order valence-corrected chi connectivity index (χ4v) is 2.79. The number of nitrogens with two attached hydrogens (primary N) is 1. The number of nitrogens with one attached hydrogen (secondary N) is 1. The summed E-state index contributed by atoms with van der Waals surface area (Å²) in [7, 11) is 0. The van der Waals surface area contributed by atoms with Crippen LogP contribution in [0.5, 0.6) is 0 Å². The number of amides is 1. The van der Waals surface area contributed by atoms with Gasteiger partial charge in [0.2, 0.25) is 5.91 Å². The van der Waals surface area contributed by atoms with Crippen LogP contribution in [0, 0.1) is 13.8 Å². The van der Waals surface area contributed by atoms with Crippen LogP contribution in [0.3, 0.4) is 0 Å². The molecule has 22 heavy (non-hydrogen) atoms. The van der Waals surface area contributed by atoms with Gasteiger partial charge in [-0.3, -0.25) is 4.79 Å². The standard InChI is InChI=1S/C15H19N3OS.2ClH/c1-10-11(2)20-13(18-10)8-9-17-15(19)14(16)12-6-4-3-5-7-12;;/h3-7,14H,8-9,16H2,1-2H3,(H,17,19);2*1H. The van der Waals surface area contributed by atoms with Gasteiger partial charge in [-0.25, -0.2) is 4.98 Å². The lowest BCUT2D eigenvalue weighted by atomic mass is 10.1. The Bertz CT molecular complexity index is 570. The van der Waals surface area contributed by atoms with E-state index in [1.54, 1.807) is 11.3 Å². The van der Waals surface area contributed by atoms with E-state index >= 15 is 0 Å². The molecule has 1 atom stereocenters. The number of hydrogen-bond donors (Lipinski definition) is 2. The average Bonchev–Trinajstić information content (AvgIpc) is 2.77. The Kier molecular flexibility index (Phi) is 9.28. The molecular weight excluding hydrogens is 341 g/mol. The first-order valence-corrected chi connectivity index (χ1v) is 7.40. The number of rotatable bonds is 5. The van der Waals surface area contributed by atoms with E-state index in [0.29, 0.717) is 6.54 Å². The van der Waals surface area contributed by atoms with Crippen LogP contribution in [-0.4, -0.2) is 17.4 Å². The molecule has 122 valence electrons. The molecule has 0 saturated carbocycles. The Balaban J connectivity index is 0.00000220. The van der Waals surface area contributed by atoms with Crippen LogP contribution >= 0.6 is 36.2 Å². The van der Waals surface area contributed by atoms with Crippen LogP contribution in [0.15, 0.2) is 30.3 Å². The maximum Gasteiger partial charge on any atom is 0.241 e. The van der Waals surface area contributed by atoms with Crippen molar-refractivity contribution in [2.24, 2.45) is 5.73 Å². The molecule has 0 bridgehead atoms. The quantitative estimate of drug-likeness (QED) is 0.859. The number of aromatic nitrogens is 1. The van der Waals surface area contributed by atoms with Crippen LogP contribution in [0.1, 0.15) is 27.2 Å². The van der Waals surface area contributed by atoms with Gasteiger partial charge in [0.25, 0.3) is 0 Å². The van der Waals surface area contributed by atoms with Crippen molar-refractivity contribution in [1.82, 2.24) is 10.3 Å². The summed E-state index contributed by atoms with van der Waals surface area (Å²) in [5.41, 5.74) is 7.81. The maximum atomic E-state index is 12.0. The minimum absolute atomic E-state index is 0. The summed E-state index contributed by atoms with van der Waals surface area (Å²) in [5, 5.41) is 3.91. The van der Waals surface area contributed by atoms with Gasteiger partial charge in [0, 0.05) is 17.8 Å². The van der Waals surface area contributed by atoms with Crippen molar-refractivity contribution in [2.45, 2.75) is 26.3 Å². The first kappa shape index (κ1) is 20.9. The zero-order chi connectivity index (χ0) is 14.5. The predicted molar refractivity (Wildman–Crippen MR) is 96.2 cm³/mol. The van der Waals surface area contributed by atoms with Crippen LogP contribution < -0.4 is 11.1 Å². The Labute approximate surface area is 147 Å². The SMILES string of the molecule is Cc1nc(CCNC(=O)C(N)c2ccccc2)sc1C.Cl.Cl. The molecule has 4 nitrogen and oxygen atoms in total. The van der Waals surface area contributed by atoms with E-state index in [4.69, 9.17) is 5.73 Å². The van der Waals surface area contributed by atoms with E-state index in [-0.39, 0.29) is 30.7 Å². The van der Waals surface area contributed by atoms with Gasteiger partial charge in [-0.05, 0) is 19.4 Å². The van der Waals surface area contributed by atoms with E-state index in [1.165, 1.54) is 4.88 Å². The van der Waals surface area contributed by atoms with Gasteiger partial charge >= 0.3 is 0 Å². The first-order valence-electron chi connectivity index (χ1n) is 6.59. The summed E-state index contributed by atoms with van der Waals surface area (Å²) in [6.45, 7) is 4.62. The van der Waals surface area contributed by atoms with E-state index in [1.807, 2.05) is 37.3 Å². The summed E-state index contributed by atoms with van der Waals surface area (Å²) in [4.78, 5) is 17.6. The molecule has 1 heterocycles. The number of nitrogens with zero attached hydrogens (tertiary/aromatic N) is 1.